The number of sulfonamides is 1. The van der Waals surface area contributed by atoms with E-state index < -0.39 is 28.3 Å². The summed E-state index contributed by atoms with van der Waals surface area (Å²) in [5.41, 5.74) is 2.56. The van der Waals surface area contributed by atoms with Gasteiger partial charge in [0.1, 0.15) is 12.4 Å². The molecule has 0 saturated heterocycles. The van der Waals surface area contributed by atoms with Crippen LogP contribution in [0.5, 0.6) is 0 Å². The highest BCUT2D eigenvalue weighted by molar-refractivity contribution is 7.92. The lowest BCUT2D eigenvalue weighted by atomic mass is 10.1. The first kappa shape index (κ1) is 27.5. The highest BCUT2D eigenvalue weighted by Crippen LogP contribution is 2.25. The molecule has 0 aliphatic rings. The summed E-state index contributed by atoms with van der Waals surface area (Å²) in [7, 11) is -4.17. The van der Waals surface area contributed by atoms with E-state index in [0.29, 0.717) is 13.0 Å². The van der Waals surface area contributed by atoms with E-state index in [9.17, 15) is 22.4 Å². The second-order valence-electron chi connectivity index (χ2n) is 8.89. The topological polar surface area (TPSA) is 95.6 Å². The fourth-order valence-electron chi connectivity index (χ4n) is 3.93. The molecular weight excluding hydrogens is 517 g/mol. The predicted octanol–water partition coefficient (Wildman–Crippen LogP) is 4.94. The Balaban J connectivity index is 1.52. The number of nitrogens with one attached hydrogen (secondary N) is 2. The van der Waals surface area contributed by atoms with E-state index in [1.54, 1.807) is 36.4 Å². The molecule has 4 aromatic rings. The molecule has 2 N–H and O–H groups in total. The normalized spacial score (nSPS) is 11.0. The number of para-hydroxylation sites is 1. The van der Waals surface area contributed by atoms with Gasteiger partial charge in [-0.05, 0) is 67.4 Å². The van der Waals surface area contributed by atoms with E-state index in [0.717, 1.165) is 27.6 Å². The molecule has 0 aromatic heterocycles. The number of anilines is 2. The van der Waals surface area contributed by atoms with Crippen LogP contribution in [-0.4, -0.2) is 33.3 Å². The minimum Gasteiger partial charge on any atom is -0.352 e. The largest absolute Gasteiger partial charge is 0.352 e. The summed E-state index contributed by atoms with van der Waals surface area (Å²) in [5.74, 6) is -1.58. The molecule has 0 bridgehead atoms. The van der Waals surface area contributed by atoms with Crippen molar-refractivity contribution in [1.82, 2.24) is 5.32 Å². The number of halogens is 1. The minimum absolute atomic E-state index is 0.0107. The maximum Gasteiger partial charge on any atom is 0.264 e. The van der Waals surface area contributed by atoms with Crippen LogP contribution in [0.4, 0.5) is 15.8 Å². The molecule has 7 nitrogen and oxygen atoms in total. The van der Waals surface area contributed by atoms with Gasteiger partial charge in [0, 0.05) is 6.54 Å². The number of hydrogen-bond donors (Lipinski definition) is 2. The van der Waals surface area contributed by atoms with Crippen LogP contribution in [0.25, 0.3) is 0 Å². The summed E-state index contributed by atoms with van der Waals surface area (Å²) >= 11 is 0. The molecule has 0 atom stereocenters. The molecule has 0 spiro atoms. The fourth-order valence-corrected chi connectivity index (χ4v) is 5.35. The molecule has 0 saturated carbocycles. The summed E-state index contributed by atoms with van der Waals surface area (Å²) < 4.78 is 41.5. The van der Waals surface area contributed by atoms with Crippen LogP contribution >= 0.6 is 0 Å². The van der Waals surface area contributed by atoms with Crippen LogP contribution in [0.3, 0.4) is 0 Å². The average molecular weight is 546 g/mol. The van der Waals surface area contributed by atoms with Crippen LogP contribution in [0.1, 0.15) is 21.5 Å². The third kappa shape index (κ3) is 7.08. The third-order valence-electron chi connectivity index (χ3n) is 6.00. The van der Waals surface area contributed by atoms with Gasteiger partial charge in [0.15, 0.2) is 0 Å². The molecule has 2 amide bonds. The lowest BCUT2D eigenvalue weighted by Gasteiger charge is -2.24. The van der Waals surface area contributed by atoms with Crippen LogP contribution in [0.2, 0.25) is 0 Å². The molecule has 0 heterocycles. The zero-order valence-corrected chi connectivity index (χ0v) is 22.1. The Morgan fingerprint density at radius 2 is 1.46 bits per heavy atom. The van der Waals surface area contributed by atoms with Crippen molar-refractivity contribution >= 4 is 33.2 Å². The molecule has 4 rings (SSSR count). The van der Waals surface area contributed by atoms with Crippen molar-refractivity contribution in [2.24, 2.45) is 0 Å². The van der Waals surface area contributed by atoms with E-state index in [1.807, 2.05) is 37.3 Å². The summed E-state index contributed by atoms with van der Waals surface area (Å²) in [6.45, 7) is 1.64. The zero-order valence-electron chi connectivity index (χ0n) is 21.3. The van der Waals surface area contributed by atoms with E-state index in [-0.39, 0.29) is 27.7 Å². The Hall–Kier alpha value is -4.50. The number of hydrogen-bond acceptors (Lipinski definition) is 4. The molecule has 0 fully saturated rings. The van der Waals surface area contributed by atoms with E-state index >= 15 is 0 Å². The number of rotatable bonds is 10. The van der Waals surface area contributed by atoms with Gasteiger partial charge >= 0.3 is 0 Å². The van der Waals surface area contributed by atoms with Gasteiger partial charge < -0.3 is 10.6 Å². The summed E-state index contributed by atoms with van der Waals surface area (Å²) in [6.07, 6.45) is 0.643. The fraction of sp³-hybridized carbons (Fsp3) is 0.133. The number of amides is 2. The second kappa shape index (κ2) is 12.4. The Labute approximate surface area is 227 Å². The summed E-state index contributed by atoms with van der Waals surface area (Å²) in [5, 5.41) is 5.52. The Kier molecular flexibility index (Phi) is 8.73. The van der Waals surface area contributed by atoms with Gasteiger partial charge in [-0.2, -0.15) is 0 Å². The number of carbonyl (C=O) groups excluding carboxylic acids is 2. The van der Waals surface area contributed by atoms with Gasteiger partial charge in [-0.1, -0.05) is 60.2 Å². The molecule has 0 unspecified atom stereocenters. The Morgan fingerprint density at radius 3 is 2.15 bits per heavy atom. The van der Waals surface area contributed by atoms with E-state index in [1.165, 1.54) is 24.3 Å². The number of carbonyl (C=O) groups is 2. The van der Waals surface area contributed by atoms with Crippen molar-refractivity contribution in [1.29, 1.82) is 0 Å². The lowest BCUT2D eigenvalue weighted by molar-refractivity contribution is -0.114. The molecule has 0 aliphatic carbocycles. The SMILES string of the molecule is Cc1ccc(S(=O)(=O)N(CC(=O)Nc2ccccc2C(=O)NCCc2ccccc2)c2ccc(F)cc2)cc1. The van der Waals surface area contributed by atoms with Crippen LogP contribution < -0.4 is 14.9 Å². The van der Waals surface area contributed by atoms with Crippen LogP contribution in [0, 0.1) is 12.7 Å². The molecule has 0 aliphatic heterocycles. The summed E-state index contributed by atoms with van der Waals surface area (Å²) in [4.78, 5) is 26.0. The van der Waals surface area contributed by atoms with Crippen LogP contribution in [-0.2, 0) is 21.2 Å². The number of nitrogens with zero attached hydrogens (tertiary/aromatic N) is 1. The highest BCUT2D eigenvalue weighted by atomic mass is 32.2. The second-order valence-corrected chi connectivity index (χ2v) is 10.7. The first-order chi connectivity index (χ1) is 18.7. The van der Waals surface area contributed by atoms with E-state index in [2.05, 4.69) is 10.6 Å². The monoisotopic (exact) mass is 545 g/mol. The zero-order chi connectivity index (χ0) is 27.8. The molecule has 200 valence electrons. The maximum atomic E-state index is 13.6. The molecular formula is C30H28FN3O4S. The first-order valence-corrected chi connectivity index (χ1v) is 13.7. The van der Waals surface area contributed by atoms with Crippen molar-refractivity contribution < 1.29 is 22.4 Å². The van der Waals surface area contributed by atoms with Crippen LogP contribution in [0.15, 0.2) is 108 Å². The lowest BCUT2D eigenvalue weighted by Crippen LogP contribution is -2.38. The van der Waals surface area contributed by atoms with Crippen molar-refractivity contribution in [3.63, 3.8) is 0 Å². The maximum absolute atomic E-state index is 13.6. The average Bonchev–Trinajstić information content (AvgIpc) is 2.93. The van der Waals surface area contributed by atoms with Gasteiger partial charge in [-0.25, -0.2) is 12.8 Å². The van der Waals surface area contributed by atoms with Gasteiger partial charge in [-0.15, -0.1) is 0 Å². The van der Waals surface area contributed by atoms with Gasteiger partial charge in [0.05, 0.1) is 21.8 Å². The summed E-state index contributed by atoms with van der Waals surface area (Å²) in [6, 6.07) is 27.3. The van der Waals surface area contributed by atoms with E-state index in [4.69, 9.17) is 0 Å². The third-order valence-corrected chi connectivity index (χ3v) is 7.79. The first-order valence-electron chi connectivity index (χ1n) is 12.3. The standard InChI is InChI=1S/C30H28FN3O4S/c1-22-11-17-26(18-12-22)39(37,38)34(25-15-13-24(31)14-16-25)21-29(35)33-28-10-6-5-9-27(28)30(36)32-20-19-23-7-3-2-4-8-23/h2-18H,19-21H2,1H3,(H,32,36)(H,33,35). The predicted molar refractivity (Wildman–Crippen MR) is 150 cm³/mol. The number of aryl methyl sites for hydroxylation is 1. The number of benzene rings is 4. The van der Waals surface area contributed by atoms with Crippen molar-refractivity contribution in [2.45, 2.75) is 18.2 Å². The Bertz CT molecular complexity index is 1540. The smallest absolute Gasteiger partial charge is 0.264 e. The minimum atomic E-state index is -4.17. The molecule has 9 heteroatoms. The molecule has 39 heavy (non-hydrogen) atoms. The van der Waals surface area contributed by atoms with Crippen molar-refractivity contribution in [3.05, 3.63) is 126 Å². The molecule has 0 radical (unpaired) electrons. The Morgan fingerprint density at radius 1 is 0.821 bits per heavy atom. The molecule has 4 aromatic carbocycles. The van der Waals surface area contributed by atoms with Crippen molar-refractivity contribution in [3.8, 4) is 0 Å². The van der Waals surface area contributed by atoms with Gasteiger partial charge in [-0.3, -0.25) is 13.9 Å². The van der Waals surface area contributed by atoms with Gasteiger partial charge in [0.2, 0.25) is 5.91 Å². The quantitative estimate of drug-likeness (QED) is 0.295. The highest BCUT2D eigenvalue weighted by Gasteiger charge is 2.27. The van der Waals surface area contributed by atoms with Crippen molar-refractivity contribution in [2.75, 3.05) is 22.7 Å². The van der Waals surface area contributed by atoms with Gasteiger partial charge in [0.25, 0.3) is 15.9 Å².